The van der Waals surface area contributed by atoms with Crippen molar-refractivity contribution >= 4 is 35.1 Å². The van der Waals surface area contributed by atoms with Crippen LogP contribution in [-0.2, 0) is 6.42 Å². The molecule has 0 spiro atoms. The Morgan fingerprint density at radius 1 is 0.970 bits per heavy atom. The van der Waals surface area contributed by atoms with Gasteiger partial charge >= 0.3 is 0 Å². The number of benzene rings is 2. The third kappa shape index (κ3) is 7.55. The monoisotopic (exact) mass is 466 g/mol. The highest BCUT2D eigenvalue weighted by Crippen LogP contribution is 2.17. The van der Waals surface area contributed by atoms with Crippen molar-refractivity contribution in [3.05, 3.63) is 82.6 Å². The Morgan fingerprint density at radius 3 is 2.39 bits per heavy atom. The number of carbonyl (C=O) groups is 2. The molecule has 0 radical (unpaired) electrons. The lowest BCUT2D eigenvalue weighted by Crippen LogP contribution is -2.31. The van der Waals surface area contributed by atoms with Crippen LogP contribution in [0.4, 0.5) is 11.6 Å². The van der Waals surface area contributed by atoms with E-state index in [1.54, 1.807) is 24.3 Å². The zero-order valence-corrected chi connectivity index (χ0v) is 19.4. The van der Waals surface area contributed by atoms with Crippen LogP contribution in [0.1, 0.15) is 26.4 Å². The molecule has 0 fully saturated rings. The maximum Gasteiger partial charge on any atom is 0.276 e. The van der Waals surface area contributed by atoms with E-state index in [1.807, 2.05) is 49.3 Å². The van der Waals surface area contributed by atoms with Crippen molar-refractivity contribution in [1.29, 1.82) is 0 Å². The molecule has 3 aromatic rings. The predicted molar refractivity (Wildman–Crippen MR) is 131 cm³/mol. The average Bonchev–Trinajstić information content (AvgIpc) is 2.81. The van der Waals surface area contributed by atoms with Crippen LogP contribution in [0.3, 0.4) is 0 Å². The second-order valence-electron chi connectivity index (χ2n) is 7.64. The fourth-order valence-corrected chi connectivity index (χ4v) is 3.14. The van der Waals surface area contributed by atoms with Crippen molar-refractivity contribution in [3.8, 4) is 0 Å². The number of carbonyl (C=O) groups excluding carboxylic acids is 2. The molecule has 0 aliphatic carbocycles. The van der Waals surface area contributed by atoms with Gasteiger partial charge in [-0.25, -0.2) is 9.97 Å². The fourth-order valence-electron chi connectivity index (χ4n) is 2.97. The number of nitrogens with zero attached hydrogens (tertiary/aromatic N) is 3. The summed E-state index contributed by atoms with van der Waals surface area (Å²) < 4.78 is 0. The van der Waals surface area contributed by atoms with E-state index in [4.69, 9.17) is 11.6 Å². The number of anilines is 2. The largest absolute Gasteiger partial charge is 0.354 e. The molecule has 1 aromatic heterocycles. The van der Waals surface area contributed by atoms with E-state index >= 15 is 0 Å². The second kappa shape index (κ2) is 11.9. The minimum absolute atomic E-state index is 0.0689. The smallest absolute Gasteiger partial charge is 0.276 e. The van der Waals surface area contributed by atoms with E-state index in [2.05, 4.69) is 25.9 Å². The Hall–Kier alpha value is -3.49. The van der Waals surface area contributed by atoms with E-state index in [9.17, 15) is 9.59 Å². The van der Waals surface area contributed by atoms with Crippen LogP contribution < -0.4 is 16.0 Å². The zero-order valence-electron chi connectivity index (χ0n) is 18.6. The van der Waals surface area contributed by atoms with Crippen molar-refractivity contribution in [2.75, 3.05) is 44.4 Å². The van der Waals surface area contributed by atoms with Gasteiger partial charge in [-0.05, 0) is 50.3 Å². The highest BCUT2D eigenvalue weighted by Gasteiger charge is 2.15. The van der Waals surface area contributed by atoms with Crippen molar-refractivity contribution in [2.45, 2.75) is 6.42 Å². The summed E-state index contributed by atoms with van der Waals surface area (Å²) in [6, 6.07) is 16.7. The third-order valence-corrected chi connectivity index (χ3v) is 5.02. The normalized spacial score (nSPS) is 10.7. The molecule has 9 heteroatoms. The van der Waals surface area contributed by atoms with Crippen molar-refractivity contribution < 1.29 is 9.59 Å². The van der Waals surface area contributed by atoms with Crippen molar-refractivity contribution in [2.24, 2.45) is 0 Å². The Labute approximate surface area is 198 Å². The van der Waals surface area contributed by atoms with Crippen LogP contribution in [0.5, 0.6) is 0 Å². The third-order valence-electron chi connectivity index (χ3n) is 4.75. The molecule has 0 aliphatic heterocycles. The molecule has 0 unspecified atom stereocenters. The van der Waals surface area contributed by atoms with Gasteiger partial charge in [-0.3, -0.25) is 9.59 Å². The molecule has 0 saturated heterocycles. The molecule has 3 N–H and O–H groups in total. The SMILES string of the molecule is CN(C)CCNC(=O)c1ccc(NC(=O)c2nc(NCCc3ccccc3)ncc2Cl)cc1. The first kappa shape index (κ1) is 24.2. The van der Waals surface area contributed by atoms with E-state index < -0.39 is 5.91 Å². The lowest BCUT2D eigenvalue weighted by Gasteiger charge is -2.11. The highest BCUT2D eigenvalue weighted by atomic mass is 35.5. The summed E-state index contributed by atoms with van der Waals surface area (Å²) in [6.07, 6.45) is 2.19. The van der Waals surface area contributed by atoms with Gasteiger partial charge in [0.25, 0.3) is 11.8 Å². The van der Waals surface area contributed by atoms with Gasteiger partial charge in [-0.1, -0.05) is 41.9 Å². The minimum Gasteiger partial charge on any atom is -0.354 e. The maximum absolute atomic E-state index is 12.7. The summed E-state index contributed by atoms with van der Waals surface area (Å²) in [5.74, 6) is -0.304. The maximum atomic E-state index is 12.7. The topological polar surface area (TPSA) is 99.3 Å². The number of aromatic nitrogens is 2. The molecule has 2 amide bonds. The Kier molecular flexibility index (Phi) is 8.74. The van der Waals surface area contributed by atoms with Gasteiger partial charge in [0.15, 0.2) is 5.69 Å². The van der Waals surface area contributed by atoms with Crippen LogP contribution >= 0.6 is 11.6 Å². The second-order valence-corrected chi connectivity index (χ2v) is 8.05. The summed E-state index contributed by atoms with van der Waals surface area (Å²) >= 11 is 6.15. The van der Waals surface area contributed by atoms with Crippen LogP contribution in [0.15, 0.2) is 60.8 Å². The molecule has 0 atom stereocenters. The Balaban J connectivity index is 1.56. The molecule has 33 heavy (non-hydrogen) atoms. The molecular weight excluding hydrogens is 440 g/mol. The molecular formula is C24H27ClN6O2. The lowest BCUT2D eigenvalue weighted by molar-refractivity contribution is 0.0950. The van der Waals surface area contributed by atoms with Crippen LogP contribution in [0, 0.1) is 0 Å². The molecule has 0 saturated carbocycles. The number of nitrogens with one attached hydrogen (secondary N) is 3. The van der Waals surface area contributed by atoms with Gasteiger partial charge in [-0.15, -0.1) is 0 Å². The first-order valence-electron chi connectivity index (χ1n) is 10.6. The molecule has 2 aromatic carbocycles. The van der Waals surface area contributed by atoms with Gasteiger partial charge in [0.05, 0.1) is 11.2 Å². The van der Waals surface area contributed by atoms with Gasteiger partial charge in [0.2, 0.25) is 5.95 Å². The van der Waals surface area contributed by atoms with Crippen molar-refractivity contribution in [3.63, 3.8) is 0 Å². The van der Waals surface area contributed by atoms with Gasteiger partial charge < -0.3 is 20.9 Å². The van der Waals surface area contributed by atoms with E-state index in [0.29, 0.717) is 30.3 Å². The van der Waals surface area contributed by atoms with Crippen LogP contribution in [0.2, 0.25) is 5.02 Å². The van der Waals surface area contributed by atoms with E-state index in [1.165, 1.54) is 11.8 Å². The first-order chi connectivity index (χ1) is 15.9. The summed E-state index contributed by atoms with van der Waals surface area (Å²) in [4.78, 5) is 35.3. The van der Waals surface area contributed by atoms with Gasteiger partial charge in [0, 0.05) is 30.9 Å². The van der Waals surface area contributed by atoms with E-state index in [0.717, 1.165) is 13.0 Å². The molecule has 3 rings (SSSR count). The first-order valence-corrected chi connectivity index (χ1v) is 10.9. The van der Waals surface area contributed by atoms with Crippen molar-refractivity contribution in [1.82, 2.24) is 20.2 Å². The number of rotatable bonds is 10. The molecule has 172 valence electrons. The molecule has 8 nitrogen and oxygen atoms in total. The summed E-state index contributed by atoms with van der Waals surface area (Å²) in [7, 11) is 3.88. The zero-order chi connectivity index (χ0) is 23.6. The number of halogens is 1. The predicted octanol–water partition coefficient (Wildman–Crippen LogP) is 3.33. The fraction of sp³-hybridized carbons (Fsp3) is 0.250. The summed E-state index contributed by atoms with van der Waals surface area (Å²) in [5, 5.41) is 8.87. The molecule has 1 heterocycles. The Bertz CT molecular complexity index is 1070. The molecule has 0 bridgehead atoms. The van der Waals surface area contributed by atoms with Gasteiger partial charge in [0.1, 0.15) is 0 Å². The summed E-state index contributed by atoms with van der Waals surface area (Å²) in [6.45, 7) is 1.92. The lowest BCUT2D eigenvalue weighted by atomic mass is 10.1. The minimum atomic E-state index is -0.461. The standard InChI is InChI=1S/C24H27ClN6O2/c1-31(2)15-14-26-22(32)18-8-10-19(11-9-18)29-23(33)21-20(25)16-28-24(30-21)27-13-12-17-6-4-3-5-7-17/h3-11,16H,12-15H2,1-2H3,(H,26,32)(H,29,33)(H,27,28,30). The number of hydrogen-bond acceptors (Lipinski definition) is 6. The number of amides is 2. The van der Waals surface area contributed by atoms with Gasteiger partial charge in [-0.2, -0.15) is 0 Å². The number of likely N-dealkylation sites (N-methyl/N-ethyl adjacent to an activating group) is 1. The quantitative estimate of drug-likeness (QED) is 0.424. The highest BCUT2D eigenvalue weighted by molar-refractivity contribution is 6.34. The van der Waals surface area contributed by atoms with Crippen LogP contribution in [-0.4, -0.2) is 60.4 Å². The number of hydrogen-bond donors (Lipinski definition) is 3. The van der Waals surface area contributed by atoms with Crippen LogP contribution in [0.25, 0.3) is 0 Å². The summed E-state index contributed by atoms with van der Waals surface area (Å²) in [5.41, 5.74) is 2.29. The average molecular weight is 467 g/mol. The molecule has 0 aliphatic rings. The van der Waals surface area contributed by atoms with E-state index in [-0.39, 0.29) is 16.6 Å². The Morgan fingerprint density at radius 2 is 1.70 bits per heavy atom.